The first-order valence-corrected chi connectivity index (χ1v) is 8.41. The largest absolute Gasteiger partial charge is 0.464 e. The first-order valence-electron chi connectivity index (χ1n) is 7.42. The minimum absolute atomic E-state index is 0.142. The average Bonchev–Trinajstić information content (AvgIpc) is 2.63. The van der Waals surface area contributed by atoms with E-state index in [1.54, 1.807) is 36.7 Å². The van der Waals surface area contributed by atoms with E-state index in [1.807, 2.05) is 13.0 Å². The number of aryl methyl sites for hydroxylation is 1. The number of rotatable bonds is 5. The van der Waals surface area contributed by atoms with Crippen molar-refractivity contribution in [3.8, 4) is 5.75 Å². The summed E-state index contributed by atoms with van der Waals surface area (Å²) in [6.07, 6.45) is 4.43. The molecule has 0 atom stereocenters. The van der Waals surface area contributed by atoms with Gasteiger partial charge in [0.25, 0.3) is 0 Å². The van der Waals surface area contributed by atoms with Gasteiger partial charge in [0.1, 0.15) is 12.0 Å². The van der Waals surface area contributed by atoms with Crippen LogP contribution in [0.2, 0.25) is 0 Å². The number of benzene rings is 1. The highest BCUT2D eigenvalue weighted by atomic mass is 32.2. The first-order chi connectivity index (χ1) is 12.1. The molecule has 0 spiro atoms. The molecule has 0 aliphatic rings. The molecular formula is C18H14N2O4S. The standard InChI is InChI=1S/C18H14N2O4S/c1-12-4-2-5-13(8-12)17(22)24-16-10-23-14(9-15(16)21)11-25-18-19-6-3-7-20-18/h2-10H,11H2,1H3. The van der Waals surface area contributed by atoms with Crippen molar-refractivity contribution in [2.75, 3.05) is 0 Å². The molecule has 25 heavy (non-hydrogen) atoms. The molecule has 0 aliphatic heterocycles. The van der Waals surface area contributed by atoms with Crippen LogP contribution in [0.3, 0.4) is 0 Å². The van der Waals surface area contributed by atoms with Crippen molar-refractivity contribution in [2.45, 2.75) is 17.8 Å². The van der Waals surface area contributed by atoms with E-state index < -0.39 is 11.4 Å². The number of hydrogen-bond donors (Lipinski definition) is 0. The predicted octanol–water partition coefficient (Wildman–Crippen LogP) is 3.25. The summed E-state index contributed by atoms with van der Waals surface area (Å²) in [7, 11) is 0. The van der Waals surface area contributed by atoms with Crippen LogP contribution >= 0.6 is 11.8 Å². The lowest BCUT2D eigenvalue weighted by molar-refractivity contribution is 0.0728. The van der Waals surface area contributed by atoms with Crippen molar-refractivity contribution in [1.29, 1.82) is 0 Å². The van der Waals surface area contributed by atoms with E-state index in [0.717, 1.165) is 11.8 Å². The van der Waals surface area contributed by atoms with E-state index in [0.29, 0.717) is 22.2 Å². The van der Waals surface area contributed by atoms with E-state index in [1.165, 1.54) is 17.8 Å². The van der Waals surface area contributed by atoms with Crippen molar-refractivity contribution < 1.29 is 13.9 Å². The van der Waals surface area contributed by atoms with Crippen molar-refractivity contribution in [3.05, 3.63) is 82.2 Å². The zero-order chi connectivity index (χ0) is 17.6. The third-order valence-electron chi connectivity index (χ3n) is 3.19. The number of thioether (sulfide) groups is 1. The number of carbonyl (C=O) groups excluding carboxylic acids is 1. The topological polar surface area (TPSA) is 82.3 Å². The summed E-state index contributed by atoms with van der Waals surface area (Å²) in [4.78, 5) is 32.4. The van der Waals surface area contributed by atoms with E-state index in [-0.39, 0.29) is 5.75 Å². The number of hydrogen-bond acceptors (Lipinski definition) is 7. The summed E-state index contributed by atoms with van der Waals surface area (Å²) in [6, 6.07) is 9.96. The smallest absolute Gasteiger partial charge is 0.343 e. The molecule has 0 N–H and O–H groups in total. The number of aromatic nitrogens is 2. The second-order valence-electron chi connectivity index (χ2n) is 5.15. The first kappa shape index (κ1) is 16.9. The number of carbonyl (C=O) groups is 1. The lowest BCUT2D eigenvalue weighted by Gasteiger charge is -2.05. The Morgan fingerprint density at radius 2 is 2.00 bits per heavy atom. The van der Waals surface area contributed by atoms with Gasteiger partial charge in [-0.3, -0.25) is 4.79 Å². The Kier molecular flexibility index (Phi) is 5.25. The van der Waals surface area contributed by atoms with Crippen LogP contribution in [0.15, 0.2) is 69.4 Å². The van der Waals surface area contributed by atoms with E-state index in [9.17, 15) is 9.59 Å². The summed E-state index contributed by atoms with van der Waals surface area (Å²) in [6.45, 7) is 1.87. The Bertz CT molecular complexity index is 941. The van der Waals surface area contributed by atoms with E-state index >= 15 is 0 Å². The molecule has 3 rings (SSSR count). The quantitative estimate of drug-likeness (QED) is 0.395. The Balaban J connectivity index is 1.67. The monoisotopic (exact) mass is 354 g/mol. The van der Waals surface area contributed by atoms with E-state index in [4.69, 9.17) is 9.15 Å². The molecule has 3 aromatic rings. The zero-order valence-electron chi connectivity index (χ0n) is 13.3. The highest BCUT2D eigenvalue weighted by molar-refractivity contribution is 7.98. The molecule has 7 heteroatoms. The summed E-state index contributed by atoms with van der Waals surface area (Å²) < 4.78 is 10.5. The average molecular weight is 354 g/mol. The van der Waals surface area contributed by atoms with Crippen LogP contribution in [0, 0.1) is 6.92 Å². The third-order valence-corrected chi connectivity index (χ3v) is 4.09. The molecule has 2 aromatic heterocycles. The van der Waals surface area contributed by atoms with Crippen LogP contribution in [0.1, 0.15) is 21.7 Å². The van der Waals surface area contributed by atoms with Gasteiger partial charge in [-0.1, -0.05) is 29.5 Å². The van der Waals surface area contributed by atoms with Gasteiger partial charge in [-0.15, -0.1) is 0 Å². The van der Waals surface area contributed by atoms with Crippen LogP contribution in [-0.2, 0) is 5.75 Å². The van der Waals surface area contributed by atoms with Crippen LogP contribution in [-0.4, -0.2) is 15.9 Å². The molecule has 0 fully saturated rings. The zero-order valence-corrected chi connectivity index (χ0v) is 14.2. The van der Waals surface area contributed by atoms with Gasteiger partial charge >= 0.3 is 5.97 Å². The van der Waals surface area contributed by atoms with Crippen LogP contribution < -0.4 is 10.2 Å². The van der Waals surface area contributed by atoms with Crippen LogP contribution in [0.25, 0.3) is 0 Å². The molecule has 0 saturated heterocycles. The predicted molar refractivity (Wildman–Crippen MR) is 92.7 cm³/mol. The minimum Gasteiger partial charge on any atom is -0.464 e. The molecule has 0 saturated carbocycles. The van der Waals surface area contributed by atoms with Crippen molar-refractivity contribution in [3.63, 3.8) is 0 Å². The molecule has 0 aliphatic carbocycles. The normalized spacial score (nSPS) is 10.4. The fourth-order valence-electron chi connectivity index (χ4n) is 2.02. The van der Waals surface area contributed by atoms with Gasteiger partial charge in [-0.05, 0) is 25.1 Å². The number of esters is 1. The molecule has 0 radical (unpaired) electrons. The maximum atomic E-state index is 12.1. The number of ether oxygens (including phenoxy) is 1. The molecule has 0 bridgehead atoms. The fourth-order valence-corrected chi connectivity index (χ4v) is 2.71. The second-order valence-corrected chi connectivity index (χ2v) is 6.10. The van der Waals surface area contributed by atoms with Crippen LogP contribution in [0.5, 0.6) is 5.75 Å². The molecule has 126 valence electrons. The molecule has 2 heterocycles. The Hall–Kier alpha value is -2.93. The van der Waals surface area contributed by atoms with E-state index in [2.05, 4.69) is 9.97 Å². The summed E-state index contributed by atoms with van der Waals surface area (Å²) in [5.74, 6) is 0.0931. The Labute approximate surface area is 147 Å². The number of nitrogens with zero attached hydrogens (tertiary/aromatic N) is 2. The molecular weight excluding hydrogens is 340 g/mol. The summed E-state index contributed by atoms with van der Waals surface area (Å²) in [5, 5.41) is 0.583. The van der Waals surface area contributed by atoms with Crippen molar-refractivity contribution >= 4 is 17.7 Å². The van der Waals surface area contributed by atoms with Crippen molar-refractivity contribution in [2.24, 2.45) is 0 Å². The van der Waals surface area contributed by atoms with Gasteiger partial charge in [0.2, 0.25) is 11.2 Å². The fraction of sp³-hybridized carbons (Fsp3) is 0.111. The summed E-state index contributed by atoms with van der Waals surface area (Å²) in [5.41, 5.74) is 0.883. The summed E-state index contributed by atoms with van der Waals surface area (Å²) >= 11 is 1.34. The molecule has 1 aromatic carbocycles. The molecule has 0 amide bonds. The molecule has 6 nitrogen and oxygen atoms in total. The minimum atomic E-state index is -0.601. The lowest BCUT2D eigenvalue weighted by Crippen LogP contribution is -2.14. The third kappa shape index (κ3) is 4.54. The van der Waals surface area contributed by atoms with Gasteiger partial charge in [-0.2, -0.15) is 0 Å². The molecule has 0 unspecified atom stereocenters. The maximum Gasteiger partial charge on any atom is 0.343 e. The van der Waals surface area contributed by atoms with Gasteiger partial charge < -0.3 is 9.15 Å². The van der Waals surface area contributed by atoms with Gasteiger partial charge in [0.15, 0.2) is 5.16 Å². The SMILES string of the molecule is Cc1cccc(C(=O)Oc2coc(CSc3ncccn3)cc2=O)c1. The Morgan fingerprint density at radius 1 is 1.20 bits per heavy atom. The second kappa shape index (κ2) is 7.76. The highest BCUT2D eigenvalue weighted by Gasteiger charge is 2.13. The van der Waals surface area contributed by atoms with Gasteiger partial charge in [0, 0.05) is 18.5 Å². The van der Waals surface area contributed by atoms with Gasteiger partial charge in [0.05, 0.1) is 11.3 Å². The van der Waals surface area contributed by atoms with Crippen LogP contribution in [0.4, 0.5) is 0 Å². The van der Waals surface area contributed by atoms with Crippen molar-refractivity contribution in [1.82, 2.24) is 9.97 Å². The lowest BCUT2D eigenvalue weighted by atomic mass is 10.1. The Morgan fingerprint density at radius 3 is 2.72 bits per heavy atom. The maximum absolute atomic E-state index is 12.1. The highest BCUT2D eigenvalue weighted by Crippen LogP contribution is 2.19. The van der Waals surface area contributed by atoms with Gasteiger partial charge in [-0.25, -0.2) is 14.8 Å².